The summed E-state index contributed by atoms with van der Waals surface area (Å²) in [7, 11) is 0. The monoisotopic (exact) mass is 452 g/mol. The van der Waals surface area contributed by atoms with Crippen LogP contribution in [0.2, 0.25) is 5.02 Å². The lowest BCUT2D eigenvalue weighted by molar-refractivity contribution is -0.0495. The van der Waals surface area contributed by atoms with Crippen LogP contribution in [-0.4, -0.2) is 82.7 Å². The molecular formula is C22H27ClF2N4O2. The second-order valence-electron chi connectivity index (χ2n) is 8.64. The highest BCUT2D eigenvalue weighted by molar-refractivity contribution is 6.38. The van der Waals surface area contributed by atoms with Gasteiger partial charge in [-0.3, -0.25) is 14.5 Å². The van der Waals surface area contributed by atoms with Crippen molar-refractivity contribution in [3.8, 4) is 0 Å². The Balaban J connectivity index is 1.52. The number of piperazine rings is 1. The number of halogens is 3. The number of rotatable bonds is 3. The zero-order valence-electron chi connectivity index (χ0n) is 17.8. The highest BCUT2D eigenvalue weighted by atomic mass is 35.5. The van der Waals surface area contributed by atoms with Crippen molar-refractivity contribution in [3.63, 3.8) is 0 Å². The van der Waals surface area contributed by atoms with Crippen molar-refractivity contribution in [2.45, 2.75) is 38.7 Å². The predicted molar refractivity (Wildman–Crippen MR) is 116 cm³/mol. The largest absolute Gasteiger partial charge is 0.350 e. The molecule has 2 aromatic rings. The molecule has 2 aliphatic heterocycles. The third kappa shape index (κ3) is 4.41. The first-order valence-corrected chi connectivity index (χ1v) is 11.1. The van der Waals surface area contributed by atoms with E-state index in [0.717, 1.165) is 13.1 Å². The molecule has 0 atom stereocenters. The Morgan fingerprint density at radius 3 is 2.23 bits per heavy atom. The van der Waals surface area contributed by atoms with E-state index in [9.17, 15) is 18.4 Å². The molecule has 1 N–H and O–H groups in total. The number of piperidine rings is 1. The number of carbonyl (C=O) groups excluding carboxylic acids is 2. The number of H-pyrrole nitrogens is 1. The Labute approximate surface area is 185 Å². The van der Waals surface area contributed by atoms with E-state index in [2.05, 4.69) is 23.7 Å². The lowest BCUT2D eigenvalue weighted by Gasteiger charge is -2.37. The van der Waals surface area contributed by atoms with Crippen LogP contribution in [0.4, 0.5) is 8.78 Å². The Kier molecular flexibility index (Phi) is 5.96. The number of amides is 2. The van der Waals surface area contributed by atoms with Crippen molar-refractivity contribution in [1.82, 2.24) is 19.7 Å². The van der Waals surface area contributed by atoms with E-state index in [4.69, 9.17) is 11.6 Å². The van der Waals surface area contributed by atoms with Crippen LogP contribution < -0.4 is 0 Å². The van der Waals surface area contributed by atoms with Crippen LogP contribution in [0.3, 0.4) is 0 Å². The summed E-state index contributed by atoms with van der Waals surface area (Å²) in [6.07, 6.45) is -0.662. The van der Waals surface area contributed by atoms with Crippen LogP contribution in [0.25, 0.3) is 10.9 Å². The molecule has 6 nitrogen and oxygen atoms in total. The molecule has 3 heterocycles. The van der Waals surface area contributed by atoms with Crippen LogP contribution in [-0.2, 0) is 0 Å². The zero-order valence-corrected chi connectivity index (χ0v) is 18.5. The van der Waals surface area contributed by atoms with E-state index in [1.807, 2.05) is 0 Å². The Bertz CT molecular complexity index is 989. The summed E-state index contributed by atoms with van der Waals surface area (Å²) in [4.78, 5) is 34.4. The number of alkyl halides is 2. The number of aromatic amines is 1. The van der Waals surface area contributed by atoms with Gasteiger partial charge in [-0.05, 0) is 32.0 Å². The van der Waals surface area contributed by atoms with Crippen LogP contribution in [0, 0.1) is 0 Å². The Hall–Kier alpha value is -2.19. The maximum Gasteiger partial charge on any atom is 0.270 e. The molecule has 2 fully saturated rings. The summed E-state index contributed by atoms with van der Waals surface area (Å²) in [5, 5.41) is 0.883. The lowest BCUT2D eigenvalue weighted by Crippen LogP contribution is -2.50. The third-order valence-electron chi connectivity index (χ3n) is 6.31. The number of hydrogen-bond acceptors (Lipinski definition) is 3. The summed E-state index contributed by atoms with van der Waals surface area (Å²) in [5.74, 6) is -3.17. The van der Waals surface area contributed by atoms with Gasteiger partial charge in [0.15, 0.2) is 0 Å². The number of fused-ring (bicyclic) bond motifs is 1. The number of benzene rings is 1. The maximum absolute atomic E-state index is 13.4. The zero-order chi connectivity index (χ0) is 22.3. The fraction of sp³-hybridized carbons (Fsp3) is 0.545. The molecule has 2 aliphatic rings. The van der Waals surface area contributed by atoms with Crippen molar-refractivity contribution in [3.05, 3.63) is 34.5 Å². The highest BCUT2D eigenvalue weighted by Crippen LogP contribution is 2.31. The van der Waals surface area contributed by atoms with E-state index in [1.165, 1.54) is 4.90 Å². The molecule has 9 heteroatoms. The minimum Gasteiger partial charge on any atom is -0.350 e. The van der Waals surface area contributed by atoms with E-state index in [0.29, 0.717) is 40.6 Å². The van der Waals surface area contributed by atoms with E-state index in [-0.39, 0.29) is 43.4 Å². The molecule has 1 aromatic heterocycles. The molecule has 0 unspecified atom stereocenters. The van der Waals surface area contributed by atoms with Crippen LogP contribution in [0.1, 0.15) is 47.5 Å². The molecular weight excluding hydrogens is 426 g/mol. The molecule has 2 saturated heterocycles. The number of carbonyl (C=O) groups is 2. The Morgan fingerprint density at radius 1 is 1.00 bits per heavy atom. The van der Waals surface area contributed by atoms with Gasteiger partial charge in [0.2, 0.25) is 0 Å². The Morgan fingerprint density at radius 2 is 1.61 bits per heavy atom. The number of nitrogens with zero attached hydrogens (tertiary/aromatic N) is 3. The minimum atomic E-state index is -2.71. The second kappa shape index (κ2) is 8.39. The van der Waals surface area contributed by atoms with Crippen molar-refractivity contribution >= 4 is 34.3 Å². The lowest BCUT2D eigenvalue weighted by atomic mass is 10.1. The number of aromatic nitrogens is 1. The van der Waals surface area contributed by atoms with E-state index in [1.54, 1.807) is 23.1 Å². The minimum absolute atomic E-state index is 0.0149. The van der Waals surface area contributed by atoms with Gasteiger partial charge in [-0.2, -0.15) is 0 Å². The smallest absolute Gasteiger partial charge is 0.270 e. The topological polar surface area (TPSA) is 59.7 Å². The van der Waals surface area contributed by atoms with Gasteiger partial charge in [0.25, 0.3) is 17.7 Å². The van der Waals surface area contributed by atoms with Crippen molar-refractivity contribution in [2.75, 3.05) is 39.3 Å². The molecule has 0 bridgehead atoms. The van der Waals surface area contributed by atoms with E-state index >= 15 is 0 Å². The first-order valence-electron chi connectivity index (χ1n) is 10.7. The summed E-state index contributed by atoms with van der Waals surface area (Å²) < 4.78 is 26.8. The van der Waals surface area contributed by atoms with Crippen LogP contribution in [0.5, 0.6) is 0 Å². The first-order chi connectivity index (χ1) is 14.7. The fourth-order valence-corrected chi connectivity index (χ4v) is 4.57. The number of hydrogen-bond donors (Lipinski definition) is 1. The van der Waals surface area contributed by atoms with Gasteiger partial charge in [-0.15, -0.1) is 0 Å². The molecule has 31 heavy (non-hydrogen) atoms. The van der Waals surface area contributed by atoms with Gasteiger partial charge in [0.1, 0.15) is 5.69 Å². The molecule has 1 aromatic carbocycles. The second-order valence-corrected chi connectivity index (χ2v) is 9.02. The molecule has 4 rings (SSSR count). The molecule has 0 saturated carbocycles. The normalized spacial score (nSPS) is 19.9. The average molecular weight is 453 g/mol. The molecule has 2 amide bonds. The number of likely N-dealkylation sites (tertiary alicyclic amines) is 1. The summed E-state index contributed by atoms with van der Waals surface area (Å²) >= 11 is 6.57. The molecule has 0 aliphatic carbocycles. The fourth-order valence-electron chi connectivity index (χ4n) is 4.27. The van der Waals surface area contributed by atoms with Gasteiger partial charge in [-0.1, -0.05) is 11.6 Å². The van der Waals surface area contributed by atoms with Gasteiger partial charge in [-0.25, -0.2) is 8.78 Å². The molecule has 0 radical (unpaired) electrons. The summed E-state index contributed by atoms with van der Waals surface area (Å²) in [6, 6.07) is 5.47. The number of nitrogens with one attached hydrogen (secondary N) is 1. The average Bonchev–Trinajstić information content (AvgIpc) is 3.18. The summed E-state index contributed by atoms with van der Waals surface area (Å²) in [6.45, 7) is 7.23. The standard InChI is InChI=1S/C22H27ClF2N4O2/c1-14(2)27-9-11-29(12-10-27)20(30)15-3-4-17-16(19(15)23)13-18(26-17)21(31)28-7-5-22(24,25)6-8-28/h3-4,13-14,26H,5-12H2,1-2H3. The van der Waals surface area contributed by atoms with Crippen molar-refractivity contribution in [1.29, 1.82) is 0 Å². The SMILES string of the molecule is CC(C)N1CCN(C(=O)c2ccc3[nH]c(C(=O)N4CCC(F)(F)CC4)cc3c2Cl)CC1. The van der Waals surface area contributed by atoms with Crippen LogP contribution in [0.15, 0.2) is 18.2 Å². The quantitative estimate of drug-likeness (QED) is 0.769. The van der Waals surface area contributed by atoms with Gasteiger partial charge >= 0.3 is 0 Å². The molecule has 168 valence electrons. The molecule has 0 spiro atoms. The maximum atomic E-state index is 13.4. The van der Waals surface area contributed by atoms with E-state index < -0.39 is 5.92 Å². The van der Waals surface area contributed by atoms with Gasteiger partial charge in [0.05, 0.1) is 10.6 Å². The first kappa shape index (κ1) is 22.0. The predicted octanol–water partition coefficient (Wildman–Crippen LogP) is 3.86. The van der Waals surface area contributed by atoms with Crippen LogP contribution >= 0.6 is 11.6 Å². The summed E-state index contributed by atoms with van der Waals surface area (Å²) in [5.41, 5.74) is 1.33. The van der Waals surface area contributed by atoms with Gasteiger partial charge in [0, 0.05) is 69.1 Å². The highest BCUT2D eigenvalue weighted by Gasteiger charge is 2.36. The van der Waals surface area contributed by atoms with Crippen molar-refractivity contribution in [2.24, 2.45) is 0 Å². The third-order valence-corrected chi connectivity index (χ3v) is 6.72. The van der Waals surface area contributed by atoms with Gasteiger partial charge < -0.3 is 14.8 Å². The van der Waals surface area contributed by atoms with Crippen molar-refractivity contribution < 1.29 is 18.4 Å².